The second kappa shape index (κ2) is 5.37. The third-order valence-corrected chi connectivity index (χ3v) is 3.38. The van der Waals surface area contributed by atoms with Crippen LogP contribution in [0.25, 0.3) is 0 Å². The first-order chi connectivity index (χ1) is 8.57. The highest BCUT2D eigenvalue weighted by Crippen LogP contribution is 2.13. The monoisotopic (exact) mass is 265 g/mol. The molecular formula is C13H15NO3S. The van der Waals surface area contributed by atoms with Crippen molar-refractivity contribution in [3.63, 3.8) is 0 Å². The second-order valence-electron chi connectivity index (χ2n) is 4.41. The van der Waals surface area contributed by atoms with Crippen LogP contribution in [0.2, 0.25) is 0 Å². The van der Waals surface area contributed by atoms with Gasteiger partial charge in [-0.15, -0.1) is 11.3 Å². The molecule has 5 heteroatoms. The Kier molecular flexibility index (Phi) is 3.84. The predicted molar refractivity (Wildman–Crippen MR) is 69.7 cm³/mol. The molecule has 0 aromatic carbocycles. The van der Waals surface area contributed by atoms with Crippen LogP contribution in [0.5, 0.6) is 0 Å². The van der Waals surface area contributed by atoms with E-state index in [0.29, 0.717) is 17.1 Å². The van der Waals surface area contributed by atoms with Crippen molar-refractivity contribution in [2.75, 3.05) is 6.54 Å². The van der Waals surface area contributed by atoms with E-state index in [1.807, 2.05) is 11.4 Å². The van der Waals surface area contributed by atoms with Crippen molar-refractivity contribution in [2.24, 2.45) is 0 Å². The first-order valence-electron chi connectivity index (χ1n) is 5.63. The topological polar surface area (TPSA) is 62.5 Å². The third kappa shape index (κ3) is 3.45. The SMILES string of the molecule is C[C@](O)(CNC(=O)c1cccs1)Cc1ccco1. The van der Waals surface area contributed by atoms with E-state index in [0.717, 1.165) is 0 Å². The zero-order chi connectivity index (χ0) is 13.0. The fourth-order valence-electron chi connectivity index (χ4n) is 1.62. The van der Waals surface area contributed by atoms with E-state index in [4.69, 9.17) is 4.42 Å². The first kappa shape index (κ1) is 12.9. The summed E-state index contributed by atoms with van der Waals surface area (Å²) in [5.41, 5.74) is -1.02. The first-order valence-corrected chi connectivity index (χ1v) is 6.51. The molecule has 2 aromatic heterocycles. The molecule has 0 saturated heterocycles. The molecule has 18 heavy (non-hydrogen) atoms. The number of carbonyl (C=O) groups excluding carboxylic acids is 1. The molecule has 0 aliphatic rings. The molecule has 0 aliphatic carbocycles. The molecule has 2 heterocycles. The Balaban J connectivity index is 1.87. The van der Waals surface area contributed by atoms with Gasteiger partial charge in [0.2, 0.25) is 0 Å². The number of nitrogens with one attached hydrogen (secondary N) is 1. The molecule has 1 amide bonds. The molecule has 2 rings (SSSR count). The zero-order valence-electron chi connectivity index (χ0n) is 10.1. The van der Waals surface area contributed by atoms with Gasteiger partial charge < -0.3 is 14.8 Å². The van der Waals surface area contributed by atoms with Crippen molar-refractivity contribution in [1.82, 2.24) is 5.32 Å². The standard InChI is InChI=1S/C13H15NO3S/c1-13(16,8-10-4-2-6-17-10)9-14-12(15)11-5-3-7-18-11/h2-7,16H,8-9H2,1H3,(H,14,15)/t13-/m1/s1. The van der Waals surface area contributed by atoms with Crippen molar-refractivity contribution < 1.29 is 14.3 Å². The maximum Gasteiger partial charge on any atom is 0.261 e. The van der Waals surface area contributed by atoms with Crippen LogP contribution in [-0.2, 0) is 6.42 Å². The van der Waals surface area contributed by atoms with Gasteiger partial charge in [-0.3, -0.25) is 4.79 Å². The van der Waals surface area contributed by atoms with Gasteiger partial charge in [-0.25, -0.2) is 0 Å². The van der Waals surface area contributed by atoms with Crippen molar-refractivity contribution in [3.05, 3.63) is 46.5 Å². The summed E-state index contributed by atoms with van der Waals surface area (Å²) < 4.78 is 5.18. The Hall–Kier alpha value is -1.59. The van der Waals surface area contributed by atoms with Gasteiger partial charge in [0.15, 0.2) is 0 Å². The van der Waals surface area contributed by atoms with E-state index in [-0.39, 0.29) is 12.5 Å². The van der Waals surface area contributed by atoms with Gasteiger partial charge in [0, 0.05) is 13.0 Å². The van der Waals surface area contributed by atoms with E-state index in [9.17, 15) is 9.90 Å². The smallest absolute Gasteiger partial charge is 0.261 e. The molecule has 0 radical (unpaired) electrons. The number of carbonyl (C=O) groups is 1. The molecule has 96 valence electrons. The molecule has 1 atom stereocenters. The lowest BCUT2D eigenvalue weighted by atomic mass is 10.0. The quantitative estimate of drug-likeness (QED) is 0.870. The van der Waals surface area contributed by atoms with E-state index in [2.05, 4.69) is 5.32 Å². The Bertz CT molecular complexity index is 488. The number of thiophene rings is 1. The lowest BCUT2D eigenvalue weighted by Crippen LogP contribution is -2.42. The van der Waals surface area contributed by atoms with Gasteiger partial charge in [-0.1, -0.05) is 6.07 Å². The van der Waals surface area contributed by atoms with Crippen LogP contribution in [0.1, 0.15) is 22.4 Å². The maximum absolute atomic E-state index is 11.7. The van der Waals surface area contributed by atoms with Gasteiger partial charge in [0.05, 0.1) is 16.7 Å². The van der Waals surface area contributed by atoms with Gasteiger partial charge in [-0.05, 0) is 30.5 Å². The van der Waals surface area contributed by atoms with Crippen LogP contribution >= 0.6 is 11.3 Å². The van der Waals surface area contributed by atoms with E-state index < -0.39 is 5.60 Å². The normalized spacial score (nSPS) is 14.1. The second-order valence-corrected chi connectivity index (χ2v) is 5.36. The highest BCUT2D eigenvalue weighted by molar-refractivity contribution is 7.12. The summed E-state index contributed by atoms with van der Waals surface area (Å²) in [4.78, 5) is 12.4. The Morgan fingerprint density at radius 1 is 1.50 bits per heavy atom. The number of aliphatic hydroxyl groups is 1. The third-order valence-electron chi connectivity index (χ3n) is 2.51. The largest absolute Gasteiger partial charge is 0.469 e. The van der Waals surface area contributed by atoms with Crippen LogP contribution in [-0.4, -0.2) is 23.2 Å². The summed E-state index contributed by atoms with van der Waals surface area (Å²) in [6.45, 7) is 1.86. The number of hydrogen-bond donors (Lipinski definition) is 2. The highest BCUT2D eigenvalue weighted by Gasteiger charge is 2.23. The summed E-state index contributed by atoms with van der Waals surface area (Å²) in [5, 5.41) is 14.7. The number of rotatable bonds is 5. The van der Waals surface area contributed by atoms with Gasteiger partial charge >= 0.3 is 0 Å². The van der Waals surface area contributed by atoms with Crippen molar-refractivity contribution in [2.45, 2.75) is 18.9 Å². The average Bonchev–Trinajstić information content (AvgIpc) is 2.97. The minimum atomic E-state index is -1.02. The minimum Gasteiger partial charge on any atom is -0.469 e. The lowest BCUT2D eigenvalue weighted by molar-refractivity contribution is 0.0511. The van der Waals surface area contributed by atoms with Gasteiger partial charge in [-0.2, -0.15) is 0 Å². The van der Waals surface area contributed by atoms with Crippen LogP contribution in [0, 0.1) is 0 Å². The molecular weight excluding hydrogens is 250 g/mol. The fraction of sp³-hybridized carbons (Fsp3) is 0.308. The summed E-state index contributed by atoms with van der Waals surface area (Å²) in [6.07, 6.45) is 1.93. The van der Waals surface area contributed by atoms with Gasteiger partial charge in [0.1, 0.15) is 5.76 Å². The average molecular weight is 265 g/mol. The van der Waals surface area contributed by atoms with Gasteiger partial charge in [0.25, 0.3) is 5.91 Å². The molecule has 0 fully saturated rings. The molecule has 0 spiro atoms. The van der Waals surface area contributed by atoms with E-state index >= 15 is 0 Å². The molecule has 0 saturated carbocycles. The van der Waals surface area contributed by atoms with E-state index in [1.54, 1.807) is 31.4 Å². The molecule has 4 nitrogen and oxygen atoms in total. The van der Waals surface area contributed by atoms with Crippen molar-refractivity contribution in [3.8, 4) is 0 Å². The molecule has 2 aromatic rings. The molecule has 0 unspecified atom stereocenters. The summed E-state index contributed by atoms with van der Waals surface area (Å²) in [7, 11) is 0. The number of hydrogen-bond acceptors (Lipinski definition) is 4. The van der Waals surface area contributed by atoms with Crippen LogP contribution in [0.3, 0.4) is 0 Å². The minimum absolute atomic E-state index is 0.162. The Labute approximate surface area is 109 Å². The van der Waals surface area contributed by atoms with Crippen molar-refractivity contribution in [1.29, 1.82) is 0 Å². The summed E-state index contributed by atoms with van der Waals surface area (Å²) >= 11 is 1.37. The predicted octanol–water partition coefficient (Wildman–Crippen LogP) is 2.06. The fourth-order valence-corrected chi connectivity index (χ4v) is 2.26. The number of furan rings is 1. The Morgan fingerprint density at radius 3 is 2.94 bits per heavy atom. The van der Waals surface area contributed by atoms with Crippen LogP contribution < -0.4 is 5.32 Å². The number of amides is 1. The van der Waals surface area contributed by atoms with Crippen LogP contribution in [0.15, 0.2) is 40.3 Å². The molecule has 0 aliphatic heterocycles. The van der Waals surface area contributed by atoms with Crippen LogP contribution in [0.4, 0.5) is 0 Å². The highest BCUT2D eigenvalue weighted by atomic mass is 32.1. The molecule has 0 bridgehead atoms. The summed E-state index contributed by atoms with van der Waals surface area (Å²) in [6, 6.07) is 7.15. The van der Waals surface area contributed by atoms with E-state index in [1.165, 1.54) is 11.3 Å². The summed E-state index contributed by atoms with van der Waals surface area (Å²) in [5.74, 6) is 0.537. The zero-order valence-corrected chi connectivity index (χ0v) is 10.9. The Morgan fingerprint density at radius 2 is 2.33 bits per heavy atom. The lowest BCUT2D eigenvalue weighted by Gasteiger charge is -2.22. The molecule has 2 N–H and O–H groups in total. The maximum atomic E-state index is 11.7. The van der Waals surface area contributed by atoms with Crippen molar-refractivity contribution >= 4 is 17.2 Å².